The van der Waals surface area contributed by atoms with Gasteiger partial charge in [-0.3, -0.25) is 4.98 Å². The van der Waals surface area contributed by atoms with Gasteiger partial charge in [-0.1, -0.05) is 32.0 Å². The van der Waals surface area contributed by atoms with Crippen molar-refractivity contribution in [2.24, 2.45) is 5.92 Å². The molecule has 0 atom stereocenters. The van der Waals surface area contributed by atoms with Crippen molar-refractivity contribution in [2.45, 2.75) is 32.6 Å². The SMILES string of the molecule is CC(C)c1ccccc1OCCNC(=O)NCC1CCN(c2ccncc2)CC1. The normalized spacial score (nSPS) is 14.7. The van der Waals surface area contributed by atoms with Gasteiger partial charge in [0, 0.05) is 37.7 Å². The van der Waals surface area contributed by atoms with E-state index in [1.165, 1.54) is 11.3 Å². The molecule has 0 unspecified atom stereocenters. The van der Waals surface area contributed by atoms with Crippen molar-refractivity contribution in [1.82, 2.24) is 15.6 Å². The second-order valence-electron chi connectivity index (χ2n) is 7.81. The molecule has 0 radical (unpaired) electrons. The molecule has 6 nitrogen and oxygen atoms in total. The summed E-state index contributed by atoms with van der Waals surface area (Å²) in [5.74, 6) is 1.83. The summed E-state index contributed by atoms with van der Waals surface area (Å²) in [7, 11) is 0. The molecule has 1 saturated heterocycles. The molecular weight excluding hydrogens is 364 g/mol. The topological polar surface area (TPSA) is 66.5 Å². The van der Waals surface area contributed by atoms with Crippen molar-refractivity contribution in [3.05, 3.63) is 54.4 Å². The zero-order valence-electron chi connectivity index (χ0n) is 17.4. The number of anilines is 1. The number of piperidine rings is 1. The number of carbonyl (C=O) groups is 1. The van der Waals surface area contributed by atoms with Crippen LogP contribution in [-0.2, 0) is 0 Å². The van der Waals surface area contributed by atoms with Crippen molar-refractivity contribution in [1.29, 1.82) is 0 Å². The highest BCUT2D eigenvalue weighted by atomic mass is 16.5. The van der Waals surface area contributed by atoms with Crippen LogP contribution in [0.1, 0.15) is 38.2 Å². The van der Waals surface area contributed by atoms with Crippen molar-refractivity contribution in [3.63, 3.8) is 0 Å². The van der Waals surface area contributed by atoms with Gasteiger partial charge in [0.05, 0.1) is 6.54 Å². The fraction of sp³-hybridized carbons (Fsp3) is 0.478. The summed E-state index contributed by atoms with van der Waals surface area (Å²) in [6.07, 6.45) is 5.83. The van der Waals surface area contributed by atoms with Crippen molar-refractivity contribution in [2.75, 3.05) is 37.7 Å². The van der Waals surface area contributed by atoms with Gasteiger partial charge >= 0.3 is 6.03 Å². The molecule has 2 heterocycles. The Bertz CT molecular complexity index is 758. The Labute approximate surface area is 173 Å². The molecule has 1 fully saturated rings. The van der Waals surface area contributed by atoms with Crippen LogP contribution in [0.4, 0.5) is 10.5 Å². The van der Waals surface area contributed by atoms with Crippen molar-refractivity contribution in [3.8, 4) is 5.75 Å². The third kappa shape index (κ3) is 6.38. The Morgan fingerprint density at radius 1 is 1.14 bits per heavy atom. The van der Waals surface area contributed by atoms with Crippen LogP contribution in [0.2, 0.25) is 0 Å². The highest BCUT2D eigenvalue weighted by Crippen LogP contribution is 2.25. The summed E-state index contributed by atoms with van der Waals surface area (Å²) in [6.45, 7) is 7.99. The minimum atomic E-state index is -0.123. The summed E-state index contributed by atoms with van der Waals surface area (Å²) in [5, 5.41) is 5.88. The van der Waals surface area contributed by atoms with Crippen LogP contribution in [0.5, 0.6) is 5.75 Å². The van der Waals surface area contributed by atoms with Crippen LogP contribution in [0.3, 0.4) is 0 Å². The molecule has 6 heteroatoms. The maximum atomic E-state index is 12.1. The van der Waals surface area contributed by atoms with E-state index >= 15 is 0 Å². The second kappa shape index (κ2) is 10.7. The summed E-state index contributed by atoms with van der Waals surface area (Å²) >= 11 is 0. The molecule has 0 bridgehead atoms. The van der Waals surface area contributed by atoms with Crippen LogP contribution >= 0.6 is 0 Å². The molecule has 0 spiro atoms. The highest BCUT2D eigenvalue weighted by Gasteiger charge is 2.19. The molecule has 3 rings (SSSR count). The Balaban J connectivity index is 1.30. The number of rotatable bonds is 8. The molecule has 156 valence electrons. The summed E-state index contributed by atoms with van der Waals surface area (Å²) in [4.78, 5) is 18.5. The molecule has 2 N–H and O–H groups in total. The second-order valence-corrected chi connectivity index (χ2v) is 7.81. The smallest absolute Gasteiger partial charge is 0.314 e. The van der Waals surface area contributed by atoms with E-state index in [1.54, 1.807) is 0 Å². The van der Waals surface area contributed by atoms with Crippen LogP contribution in [0.25, 0.3) is 0 Å². The Morgan fingerprint density at radius 2 is 1.86 bits per heavy atom. The molecule has 1 aromatic carbocycles. The van der Waals surface area contributed by atoms with Gasteiger partial charge in [-0.2, -0.15) is 0 Å². The van der Waals surface area contributed by atoms with Crippen LogP contribution in [0.15, 0.2) is 48.8 Å². The van der Waals surface area contributed by atoms with Gasteiger partial charge in [0.1, 0.15) is 12.4 Å². The number of aromatic nitrogens is 1. The predicted molar refractivity (Wildman–Crippen MR) is 117 cm³/mol. The number of para-hydroxylation sites is 1. The van der Waals surface area contributed by atoms with Gasteiger partial charge in [-0.15, -0.1) is 0 Å². The quantitative estimate of drug-likeness (QED) is 0.666. The third-order valence-electron chi connectivity index (χ3n) is 5.38. The first kappa shape index (κ1) is 21.0. The molecular formula is C23H32N4O2. The van der Waals surface area contributed by atoms with Gasteiger partial charge in [0.25, 0.3) is 0 Å². The maximum absolute atomic E-state index is 12.1. The summed E-state index contributed by atoms with van der Waals surface area (Å²) in [5.41, 5.74) is 2.42. The lowest BCUT2D eigenvalue weighted by molar-refractivity contribution is 0.233. The lowest BCUT2D eigenvalue weighted by Gasteiger charge is -2.33. The van der Waals surface area contributed by atoms with E-state index in [0.29, 0.717) is 31.5 Å². The Kier molecular flexibility index (Phi) is 7.73. The lowest BCUT2D eigenvalue weighted by atomic mass is 9.96. The molecule has 0 aliphatic carbocycles. The highest BCUT2D eigenvalue weighted by molar-refractivity contribution is 5.73. The van der Waals surface area contributed by atoms with Gasteiger partial charge in [0.15, 0.2) is 0 Å². The Morgan fingerprint density at radius 3 is 2.59 bits per heavy atom. The van der Waals surface area contributed by atoms with E-state index in [2.05, 4.69) is 40.4 Å². The first-order chi connectivity index (χ1) is 14.1. The first-order valence-electron chi connectivity index (χ1n) is 10.5. The summed E-state index contributed by atoms with van der Waals surface area (Å²) in [6, 6.07) is 12.0. The zero-order valence-corrected chi connectivity index (χ0v) is 17.4. The number of hydrogen-bond acceptors (Lipinski definition) is 4. The average Bonchev–Trinajstić information content (AvgIpc) is 2.76. The lowest BCUT2D eigenvalue weighted by Crippen LogP contribution is -2.42. The van der Waals surface area contributed by atoms with E-state index in [4.69, 9.17) is 4.74 Å². The van der Waals surface area contributed by atoms with Gasteiger partial charge in [-0.25, -0.2) is 4.79 Å². The number of nitrogens with zero attached hydrogens (tertiary/aromatic N) is 2. The molecule has 1 aromatic heterocycles. The number of benzene rings is 1. The average molecular weight is 397 g/mol. The van der Waals surface area contributed by atoms with Crippen LogP contribution in [-0.4, -0.2) is 43.8 Å². The third-order valence-corrected chi connectivity index (χ3v) is 5.38. The van der Waals surface area contributed by atoms with E-state index in [-0.39, 0.29) is 6.03 Å². The minimum absolute atomic E-state index is 0.123. The van der Waals surface area contributed by atoms with Crippen LogP contribution in [0, 0.1) is 5.92 Å². The molecule has 2 aromatic rings. The monoisotopic (exact) mass is 396 g/mol. The molecule has 1 aliphatic rings. The maximum Gasteiger partial charge on any atom is 0.314 e. The number of amides is 2. The van der Waals surface area contributed by atoms with Gasteiger partial charge in [-0.05, 0) is 48.4 Å². The molecule has 2 amide bonds. The molecule has 1 aliphatic heterocycles. The number of carbonyl (C=O) groups excluding carboxylic acids is 1. The first-order valence-corrected chi connectivity index (χ1v) is 10.5. The number of nitrogens with one attached hydrogen (secondary N) is 2. The van der Waals surface area contributed by atoms with E-state index in [9.17, 15) is 4.79 Å². The number of hydrogen-bond donors (Lipinski definition) is 2. The molecule has 29 heavy (non-hydrogen) atoms. The zero-order chi connectivity index (χ0) is 20.5. The minimum Gasteiger partial charge on any atom is -0.491 e. The number of pyridine rings is 1. The number of urea groups is 1. The van der Waals surface area contributed by atoms with Gasteiger partial charge in [0.2, 0.25) is 0 Å². The fourth-order valence-corrected chi connectivity index (χ4v) is 3.66. The van der Waals surface area contributed by atoms with Crippen molar-refractivity contribution < 1.29 is 9.53 Å². The van der Waals surface area contributed by atoms with E-state index in [1.807, 2.05) is 42.7 Å². The van der Waals surface area contributed by atoms with Crippen LogP contribution < -0.4 is 20.3 Å². The van der Waals surface area contributed by atoms with Gasteiger partial charge < -0.3 is 20.3 Å². The van der Waals surface area contributed by atoms with Crippen molar-refractivity contribution >= 4 is 11.7 Å². The largest absolute Gasteiger partial charge is 0.491 e. The van der Waals surface area contributed by atoms with E-state index < -0.39 is 0 Å². The number of ether oxygens (including phenoxy) is 1. The fourth-order valence-electron chi connectivity index (χ4n) is 3.66. The Hall–Kier alpha value is -2.76. The van der Waals surface area contributed by atoms with E-state index in [0.717, 1.165) is 31.7 Å². The predicted octanol–water partition coefficient (Wildman–Crippen LogP) is 3.80. The standard InChI is InChI=1S/C23H32N4O2/c1-18(2)21-5-3-4-6-22(21)29-16-13-25-23(28)26-17-19-9-14-27(15-10-19)20-7-11-24-12-8-20/h3-8,11-12,18-19H,9-10,13-17H2,1-2H3,(H2,25,26,28). The summed E-state index contributed by atoms with van der Waals surface area (Å²) < 4.78 is 5.84. The molecule has 0 saturated carbocycles.